The molecular formula is C39H66N12O11. The lowest BCUT2D eigenvalue weighted by molar-refractivity contribution is -0.136. The van der Waals surface area contributed by atoms with Crippen LogP contribution >= 0.6 is 0 Å². The molecule has 0 aliphatic carbocycles. The average molecular weight is 879 g/mol. The number of guanidine groups is 1. The Morgan fingerprint density at radius 2 is 0.984 bits per heavy atom. The Morgan fingerprint density at radius 3 is 1.45 bits per heavy atom. The molecule has 1 rings (SSSR count). The number of hydrogen-bond acceptors (Lipinski definition) is 13. The van der Waals surface area contributed by atoms with Crippen LogP contribution in [-0.2, 0) is 44.8 Å². The Bertz CT molecular complexity index is 1700. The van der Waals surface area contributed by atoms with Crippen molar-refractivity contribution in [2.75, 3.05) is 19.8 Å². The molecule has 0 fully saturated rings. The van der Waals surface area contributed by atoms with Gasteiger partial charge in [0, 0.05) is 13.0 Å². The summed E-state index contributed by atoms with van der Waals surface area (Å²) >= 11 is 0. The number of nitrogens with zero attached hydrogens (tertiary/aromatic N) is 1. The topological polar surface area (TPSA) is 398 Å². The van der Waals surface area contributed by atoms with Gasteiger partial charge in [-0.1, -0.05) is 39.8 Å². The largest absolute Gasteiger partial charge is 0.508 e. The van der Waals surface area contributed by atoms with Crippen molar-refractivity contribution in [3.8, 4) is 5.75 Å². The van der Waals surface area contributed by atoms with E-state index < -0.39 is 109 Å². The maximum absolute atomic E-state index is 13.7. The van der Waals surface area contributed by atoms with Gasteiger partial charge in [-0.25, -0.2) is 0 Å². The number of benzene rings is 1. The number of aromatic hydroxyl groups is 1. The summed E-state index contributed by atoms with van der Waals surface area (Å²) in [6.45, 7) is 8.20. The molecule has 1 aromatic rings. The van der Waals surface area contributed by atoms with Gasteiger partial charge in [-0.2, -0.15) is 0 Å². The molecule has 0 bridgehead atoms. The Hall–Kier alpha value is -6.07. The predicted molar refractivity (Wildman–Crippen MR) is 227 cm³/mol. The summed E-state index contributed by atoms with van der Waals surface area (Å²) in [5.41, 5.74) is 22.2. The molecule has 62 heavy (non-hydrogen) atoms. The van der Waals surface area contributed by atoms with Crippen molar-refractivity contribution in [2.24, 2.45) is 39.8 Å². The van der Waals surface area contributed by atoms with Crippen LogP contribution in [0.1, 0.15) is 72.8 Å². The number of carbonyl (C=O) groups excluding carboxylic acids is 8. The second-order valence-corrected chi connectivity index (χ2v) is 15.7. The summed E-state index contributed by atoms with van der Waals surface area (Å²) in [6, 6.07) is -4.59. The van der Waals surface area contributed by atoms with Gasteiger partial charge in [-0.05, 0) is 69.1 Å². The van der Waals surface area contributed by atoms with Crippen molar-refractivity contribution in [3.05, 3.63) is 29.8 Å². The zero-order valence-electron chi connectivity index (χ0n) is 36.1. The SMILES string of the molecule is CC(C)C[C@H](NC(=O)[C@H](C)N)C(=O)N[C@@H](Cc1ccc(O)cc1)C(=O)N[C@@H](C)C(=O)N[C@@H](CO)C(=O)N[C@@H](CCCN=C(N)N)C(=O)N[C@@H](CC(C)C)C(=O)N[C@@H](CO)C(N)=O. The molecule has 23 nitrogen and oxygen atoms in total. The van der Waals surface area contributed by atoms with Gasteiger partial charge in [-0.15, -0.1) is 0 Å². The number of nitrogens with one attached hydrogen (secondary N) is 7. The summed E-state index contributed by atoms with van der Waals surface area (Å²) in [6.07, 6.45) is 0.219. The first-order chi connectivity index (χ1) is 29.0. The van der Waals surface area contributed by atoms with E-state index in [1.165, 1.54) is 38.1 Å². The molecule has 0 saturated heterocycles. The number of aliphatic hydroxyl groups is 2. The molecule has 0 spiro atoms. The minimum absolute atomic E-state index is 0.0418. The van der Waals surface area contributed by atoms with Gasteiger partial charge < -0.3 is 75.5 Å². The van der Waals surface area contributed by atoms with E-state index in [1.54, 1.807) is 13.8 Å². The molecule has 0 unspecified atom stereocenters. The number of nitrogens with two attached hydrogens (primary N) is 4. The van der Waals surface area contributed by atoms with Crippen LogP contribution in [0.2, 0.25) is 0 Å². The molecule has 0 saturated carbocycles. The normalized spacial score (nSPS) is 15.0. The third kappa shape index (κ3) is 20.0. The number of aliphatic imine (C=N–C) groups is 1. The molecule has 0 aromatic heterocycles. The van der Waals surface area contributed by atoms with Crippen molar-refractivity contribution in [2.45, 2.75) is 122 Å². The first kappa shape index (κ1) is 53.9. The minimum atomic E-state index is -1.66. The summed E-state index contributed by atoms with van der Waals surface area (Å²) < 4.78 is 0. The van der Waals surface area contributed by atoms with E-state index in [-0.39, 0.29) is 62.2 Å². The van der Waals surface area contributed by atoms with Crippen molar-refractivity contribution in [3.63, 3.8) is 0 Å². The lowest BCUT2D eigenvalue weighted by Crippen LogP contribution is -2.60. The van der Waals surface area contributed by atoms with Crippen molar-refractivity contribution in [1.82, 2.24) is 37.2 Å². The highest BCUT2D eigenvalue weighted by atomic mass is 16.3. The van der Waals surface area contributed by atoms with Crippen LogP contribution in [0.5, 0.6) is 5.75 Å². The lowest BCUT2D eigenvalue weighted by atomic mass is 10.0. The van der Waals surface area contributed by atoms with Crippen LogP contribution in [0.25, 0.3) is 0 Å². The molecule has 23 heteroatoms. The standard InChI is InChI=1S/C39H66N12O11/c1-19(2)14-26(47-32(56)21(5)40)36(60)49-28(16-23-9-11-24(54)12-10-23)35(59)45-22(6)33(57)51-30(18-53)38(62)46-25(8-7-13-44-39(42)43)34(58)48-27(15-20(3)4)37(61)50-29(17-52)31(41)55/h9-12,19-22,25-30,52-54H,7-8,13-18,40H2,1-6H3,(H2,41,55)(H,45,59)(H,46,62)(H,47,56)(H,48,58)(H,49,60)(H,50,61)(H,51,57)(H4,42,43,44)/t21-,22-,25-,26-,27-,28-,29-,30-/m0/s1. The van der Waals surface area contributed by atoms with Gasteiger partial charge in [0.1, 0.15) is 48.0 Å². The Kier molecular flexibility index (Phi) is 23.5. The lowest BCUT2D eigenvalue weighted by Gasteiger charge is -2.27. The Morgan fingerprint density at radius 1 is 0.565 bits per heavy atom. The molecule has 0 heterocycles. The summed E-state index contributed by atoms with van der Waals surface area (Å²) in [4.78, 5) is 109. The highest BCUT2D eigenvalue weighted by molar-refractivity contribution is 5.97. The van der Waals surface area contributed by atoms with E-state index in [0.717, 1.165) is 0 Å². The highest BCUT2D eigenvalue weighted by Crippen LogP contribution is 2.13. The third-order valence-electron chi connectivity index (χ3n) is 9.09. The van der Waals surface area contributed by atoms with Crippen molar-refractivity contribution >= 4 is 53.2 Å². The minimum Gasteiger partial charge on any atom is -0.508 e. The highest BCUT2D eigenvalue weighted by Gasteiger charge is 2.33. The summed E-state index contributed by atoms with van der Waals surface area (Å²) in [7, 11) is 0. The van der Waals surface area contributed by atoms with Crippen LogP contribution < -0.4 is 60.2 Å². The molecule has 0 radical (unpaired) electrons. The molecule has 18 N–H and O–H groups in total. The molecule has 348 valence electrons. The molecule has 8 amide bonds. The summed E-state index contributed by atoms with van der Waals surface area (Å²) in [5, 5.41) is 46.7. The van der Waals surface area contributed by atoms with Crippen LogP contribution in [0, 0.1) is 11.8 Å². The zero-order chi connectivity index (χ0) is 47.3. The average Bonchev–Trinajstić information content (AvgIpc) is 3.18. The van der Waals surface area contributed by atoms with Crippen LogP contribution in [0.4, 0.5) is 0 Å². The number of amides is 8. The van der Waals surface area contributed by atoms with E-state index in [1.807, 2.05) is 13.8 Å². The number of carbonyl (C=O) groups is 8. The number of phenols is 1. The molecule has 0 aliphatic heterocycles. The summed E-state index contributed by atoms with van der Waals surface area (Å²) in [5.74, 6) is -7.28. The van der Waals surface area contributed by atoms with Crippen LogP contribution in [-0.4, -0.2) is 137 Å². The van der Waals surface area contributed by atoms with Gasteiger partial charge in [0.2, 0.25) is 47.3 Å². The van der Waals surface area contributed by atoms with E-state index in [0.29, 0.717) is 5.56 Å². The van der Waals surface area contributed by atoms with Crippen molar-refractivity contribution < 1.29 is 53.7 Å². The van der Waals surface area contributed by atoms with Gasteiger partial charge >= 0.3 is 0 Å². The van der Waals surface area contributed by atoms with E-state index in [9.17, 15) is 53.7 Å². The fourth-order valence-electron chi connectivity index (χ4n) is 5.72. The molecule has 0 aliphatic rings. The predicted octanol–water partition coefficient (Wildman–Crippen LogP) is -4.69. The van der Waals surface area contributed by atoms with Gasteiger partial charge in [-0.3, -0.25) is 43.3 Å². The maximum atomic E-state index is 13.7. The molecule has 8 atom stereocenters. The van der Waals surface area contributed by atoms with Crippen molar-refractivity contribution in [1.29, 1.82) is 0 Å². The first-order valence-corrected chi connectivity index (χ1v) is 20.2. The number of aliphatic hydroxyl groups excluding tert-OH is 2. The third-order valence-corrected chi connectivity index (χ3v) is 9.09. The van der Waals surface area contributed by atoms with Crippen LogP contribution in [0.3, 0.4) is 0 Å². The first-order valence-electron chi connectivity index (χ1n) is 20.2. The number of phenolic OH excluding ortho intramolecular Hbond substituents is 1. The number of hydrogen-bond donors (Lipinski definition) is 14. The van der Waals surface area contributed by atoms with E-state index in [4.69, 9.17) is 22.9 Å². The zero-order valence-corrected chi connectivity index (χ0v) is 36.1. The smallest absolute Gasteiger partial charge is 0.245 e. The number of rotatable bonds is 27. The maximum Gasteiger partial charge on any atom is 0.245 e. The monoisotopic (exact) mass is 878 g/mol. The Balaban J connectivity index is 3.27. The van der Waals surface area contributed by atoms with E-state index in [2.05, 4.69) is 42.2 Å². The van der Waals surface area contributed by atoms with Crippen LogP contribution in [0.15, 0.2) is 29.3 Å². The number of primary amides is 1. The van der Waals surface area contributed by atoms with Gasteiger partial charge in [0.25, 0.3) is 0 Å². The quantitative estimate of drug-likeness (QED) is 0.0225. The second kappa shape index (κ2) is 27.0. The fourth-order valence-corrected chi connectivity index (χ4v) is 5.72. The molecular weight excluding hydrogens is 813 g/mol. The van der Waals surface area contributed by atoms with E-state index >= 15 is 0 Å². The van der Waals surface area contributed by atoms with Gasteiger partial charge in [0.05, 0.1) is 19.3 Å². The fraction of sp³-hybridized carbons (Fsp3) is 0.615. The second-order valence-electron chi connectivity index (χ2n) is 15.7. The molecule has 1 aromatic carbocycles. The van der Waals surface area contributed by atoms with Gasteiger partial charge in [0.15, 0.2) is 5.96 Å². The Labute approximate surface area is 360 Å².